The molecule has 0 atom stereocenters. The molecule has 0 aliphatic rings. The first kappa shape index (κ1) is 16.7. The average molecular weight is 288 g/mol. The summed E-state index contributed by atoms with van der Waals surface area (Å²) in [5.74, 6) is 1.91. The molecule has 0 spiro atoms. The van der Waals surface area contributed by atoms with Gasteiger partial charge in [0.05, 0.1) is 12.5 Å². The highest BCUT2D eigenvalue weighted by atomic mass is 16.3. The standard InChI is InChI=1S/C9H10O2.C8H10O2/c1-2-8(7-10)6-9-4-3-5-11-9;1-7(9)4-5-8-3-2-6-10-8/h2-5,7H,6H2,1H3;2-3,6H,4-5H2,1H3/b8-2+;. The van der Waals surface area contributed by atoms with Gasteiger partial charge >= 0.3 is 0 Å². The van der Waals surface area contributed by atoms with Gasteiger partial charge in [-0.2, -0.15) is 0 Å². The first-order valence-electron chi connectivity index (χ1n) is 6.80. The third kappa shape index (κ3) is 7.11. The van der Waals surface area contributed by atoms with E-state index in [9.17, 15) is 9.59 Å². The van der Waals surface area contributed by atoms with Gasteiger partial charge in [-0.3, -0.25) is 4.79 Å². The summed E-state index contributed by atoms with van der Waals surface area (Å²) in [5.41, 5.74) is 0.750. The van der Waals surface area contributed by atoms with Crippen LogP contribution in [0.1, 0.15) is 31.8 Å². The fourth-order valence-corrected chi connectivity index (χ4v) is 1.58. The van der Waals surface area contributed by atoms with Crippen molar-refractivity contribution in [3.63, 3.8) is 0 Å². The number of allylic oxidation sites excluding steroid dienone is 2. The van der Waals surface area contributed by atoms with Gasteiger partial charge in [0.2, 0.25) is 0 Å². The van der Waals surface area contributed by atoms with Gasteiger partial charge in [0, 0.05) is 19.3 Å². The third-order valence-electron chi connectivity index (χ3n) is 2.78. The summed E-state index contributed by atoms with van der Waals surface area (Å²) in [4.78, 5) is 20.8. The molecule has 0 unspecified atom stereocenters. The maximum atomic E-state index is 10.5. The van der Waals surface area contributed by atoms with E-state index in [0.717, 1.165) is 29.8 Å². The second-order valence-electron chi connectivity index (χ2n) is 4.52. The molecule has 0 aromatic carbocycles. The van der Waals surface area contributed by atoms with Crippen LogP contribution in [0.25, 0.3) is 0 Å². The Morgan fingerprint density at radius 3 is 2.19 bits per heavy atom. The Morgan fingerprint density at radius 2 is 1.76 bits per heavy atom. The molecule has 112 valence electrons. The smallest absolute Gasteiger partial charge is 0.146 e. The Kier molecular flexibility index (Phi) is 7.58. The van der Waals surface area contributed by atoms with Gasteiger partial charge < -0.3 is 13.6 Å². The van der Waals surface area contributed by atoms with E-state index < -0.39 is 0 Å². The lowest BCUT2D eigenvalue weighted by Crippen LogP contribution is -1.91. The summed E-state index contributed by atoms with van der Waals surface area (Å²) in [6, 6.07) is 7.37. The zero-order valence-electron chi connectivity index (χ0n) is 12.4. The van der Waals surface area contributed by atoms with Gasteiger partial charge in [-0.05, 0) is 43.7 Å². The van der Waals surface area contributed by atoms with E-state index in [1.165, 1.54) is 0 Å². The maximum Gasteiger partial charge on any atom is 0.146 e. The molecule has 0 bridgehead atoms. The van der Waals surface area contributed by atoms with E-state index in [-0.39, 0.29) is 5.78 Å². The Hall–Kier alpha value is -2.36. The van der Waals surface area contributed by atoms with E-state index in [1.807, 2.05) is 31.2 Å². The van der Waals surface area contributed by atoms with Crippen molar-refractivity contribution in [3.8, 4) is 0 Å². The van der Waals surface area contributed by atoms with Crippen LogP contribution in [0.4, 0.5) is 0 Å². The van der Waals surface area contributed by atoms with Gasteiger partial charge in [0.15, 0.2) is 0 Å². The topological polar surface area (TPSA) is 60.4 Å². The van der Waals surface area contributed by atoms with Crippen molar-refractivity contribution >= 4 is 12.1 Å². The molecule has 2 heterocycles. The molecule has 0 amide bonds. The fraction of sp³-hybridized carbons (Fsp3) is 0.294. The molecule has 0 aliphatic heterocycles. The van der Waals surface area contributed by atoms with Gasteiger partial charge in [-0.15, -0.1) is 0 Å². The highest BCUT2D eigenvalue weighted by Gasteiger charge is 1.98. The number of furan rings is 2. The minimum Gasteiger partial charge on any atom is -0.469 e. The Bertz CT molecular complexity index is 548. The number of aldehydes is 1. The molecule has 0 N–H and O–H groups in total. The summed E-state index contributed by atoms with van der Waals surface area (Å²) in [7, 11) is 0. The molecule has 21 heavy (non-hydrogen) atoms. The van der Waals surface area contributed by atoms with Crippen molar-refractivity contribution in [2.45, 2.75) is 33.1 Å². The van der Waals surface area contributed by atoms with Crippen LogP contribution in [0.3, 0.4) is 0 Å². The van der Waals surface area contributed by atoms with Crippen LogP contribution in [-0.4, -0.2) is 12.1 Å². The Labute approximate surface area is 124 Å². The van der Waals surface area contributed by atoms with Crippen LogP contribution in [0.5, 0.6) is 0 Å². The number of aryl methyl sites for hydroxylation is 1. The number of Topliss-reactive ketones (excluding diaryl/α,β-unsaturated/α-hetero) is 1. The van der Waals surface area contributed by atoms with Gasteiger partial charge in [-0.25, -0.2) is 0 Å². The molecule has 4 heteroatoms. The largest absolute Gasteiger partial charge is 0.469 e. The van der Waals surface area contributed by atoms with Gasteiger partial charge in [0.25, 0.3) is 0 Å². The zero-order valence-corrected chi connectivity index (χ0v) is 12.4. The number of rotatable bonds is 6. The molecular weight excluding hydrogens is 268 g/mol. The van der Waals surface area contributed by atoms with E-state index in [2.05, 4.69) is 0 Å². The summed E-state index contributed by atoms with van der Waals surface area (Å²) < 4.78 is 10.1. The van der Waals surface area contributed by atoms with Crippen LogP contribution >= 0.6 is 0 Å². The minimum atomic E-state index is 0.205. The molecule has 0 radical (unpaired) electrons. The summed E-state index contributed by atoms with van der Waals surface area (Å²) in [5, 5.41) is 0. The van der Waals surface area contributed by atoms with Crippen molar-refractivity contribution in [1.29, 1.82) is 0 Å². The van der Waals surface area contributed by atoms with E-state index in [4.69, 9.17) is 8.83 Å². The monoisotopic (exact) mass is 288 g/mol. The first-order valence-corrected chi connectivity index (χ1v) is 6.80. The Balaban J connectivity index is 0.000000211. The van der Waals surface area contributed by atoms with Crippen molar-refractivity contribution in [1.82, 2.24) is 0 Å². The summed E-state index contributed by atoms with van der Waals surface area (Å²) in [6.07, 6.45) is 7.75. The molecule has 0 saturated heterocycles. The predicted molar refractivity (Wildman–Crippen MR) is 79.9 cm³/mol. The molecular formula is C17H20O4. The number of ketones is 1. The lowest BCUT2D eigenvalue weighted by Gasteiger charge is -1.92. The van der Waals surface area contributed by atoms with Crippen LogP contribution in [0.2, 0.25) is 0 Å². The minimum absolute atomic E-state index is 0.205. The number of carbonyl (C=O) groups is 2. The van der Waals surface area contributed by atoms with Crippen LogP contribution in [0, 0.1) is 0 Å². The SMILES string of the molecule is C/C=C(/C=O)Cc1ccco1.CC(=O)CCc1ccco1. The maximum absolute atomic E-state index is 10.5. The molecule has 4 nitrogen and oxygen atoms in total. The highest BCUT2D eigenvalue weighted by molar-refractivity contribution is 5.75. The van der Waals surface area contributed by atoms with E-state index in [0.29, 0.717) is 12.8 Å². The molecule has 2 rings (SSSR count). The van der Waals surface area contributed by atoms with Crippen LogP contribution in [-0.2, 0) is 22.4 Å². The van der Waals surface area contributed by atoms with Gasteiger partial charge in [-0.1, -0.05) is 6.08 Å². The predicted octanol–water partition coefficient (Wildman–Crippen LogP) is 3.77. The molecule has 0 aliphatic carbocycles. The average Bonchev–Trinajstić information content (AvgIpc) is 3.16. The first-order chi connectivity index (χ1) is 10.2. The molecule has 0 fully saturated rings. The Morgan fingerprint density at radius 1 is 1.14 bits per heavy atom. The molecule has 2 aromatic heterocycles. The van der Waals surface area contributed by atoms with Crippen molar-refractivity contribution in [3.05, 3.63) is 60.0 Å². The number of hydrogen-bond donors (Lipinski definition) is 0. The second-order valence-corrected chi connectivity index (χ2v) is 4.52. The third-order valence-corrected chi connectivity index (χ3v) is 2.78. The number of hydrogen-bond acceptors (Lipinski definition) is 4. The fourth-order valence-electron chi connectivity index (χ4n) is 1.58. The zero-order chi connectivity index (χ0) is 15.5. The lowest BCUT2D eigenvalue weighted by atomic mass is 10.2. The summed E-state index contributed by atoms with van der Waals surface area (Å²) in [6.45, 7) is 3.43. The van der Waals surface area contributed by atoms with E-state index in [1.54, 1.807) is 25.5 Å². The van der Waals surface area contributed by atoms with Gasteiger partial charge in [0.1, 0.15) is 23.6 Å². The highest BCUT2D eigenvalue weighted by Crippen LogP contribution is 2.06. The second kappa shape index (κ2) is 9.53. The normalized spacial score (nSPS) is 10.7. The molecule has 0 saturated carbocycles. The van der Waals surface area contributed by atoms with E-state index >= 15 is 0 Å². The summed E-state index contributed by atoms with van der Waals surface area (Å²) >= 11 is 0. The molecule has 2 aromatic rings. The number of carbonyl (C=O) groups excluding carboxylic acids is 2. The lowest BCUT2D eigenvalue weighted by molar-refractivity contribution is -0.117. The van der Waals surface area contributed by atoms with Crippen LogP contribution in [0.15, 0.2) is 57.3 Å². The van der Waals surface area contributed by atoms with Crippen molar-refractivity contribution in [2.75, 3.05) is 0 Å². The van der Waals surface area contributed by atoms with Crippen LogP contribution < -0.4 is 0 Å². The van der Waals surface area contributed by atoms with Crippen molar-refractivity contribution in [2.24, 2.45) is 0 Å². The quantitative estimate of drug-likeness (QED) is 0.599. The van der Waals surface area contributed by atoms with Crippen molar-refractivity contribution < 1.29 is 18.4 Å².